The van der Waals surface area contributed by atoms with Crippen LogP contribution in [-0.2, 0) is 0 Å². The first kappa shape index (κ1) is 15.1. The minimum Gasteiger partial charge on any atom is -0.340 e. The summed E-state index contributed by atoms with van der Waals surface area (Å²) in [6.45, 7) is 2.54. The predicted molar refractivity (Wildman–Crippen MR) is 82.9 cm³/mol. The SMILES string of the molecule is C[C@H](CN(C)C(=O)c1scnc1C1CCCC1)c1nn[nH]n1. The lowest BCUT2D eigenvalue weighted by Crippen LogP contribution is -2.31. The van der Waals surface area contributed by atoms with E-state index in [1.54, 1.807) is 10.4 Å². The first-order chi connectivity index (χ1) is 10.7. The van der Waals surface area contributed by atoms with E-state index in [0.29, 0.717) is 18.3 Å². The molecule has 0 saturated heterocycles. The number of aromatic nitrogens is 5. The van der Waals surface area contributed by atoms with Crippen LogP contribution in [0.1, 0.15) is 65.6 Å². The molecule has 0 radical (unpaired) electrons. The molecule has 1 aliphatic rings. The van der Waals surface area contributed by atoms with Gasteiger partial charge in [0, 0.05) is 25.4 Å². The molecule has 1 atom stereocenters. The highest BCUT2D eigenvalue weighted by Crippen LogP contribution is 2.36. The molecular formula is C14H20N6OS. The molecule has 22 heavy (non-hydrogen) atoms. The second-order valence-electron chi connectivity index (χ2n) is 5.90. The largest absolute Gasteiger partial charge is 0.340 e. The Morgan fingerprint density at radius 3 is 2.95 bits per heavy atom. The maximum Gasteiger partial charge on any atom is 0.265 e. The number of hydrogen-bond acceptors (Lipinski definition) is 6. The number of tetrazole rings is 1. The fourth-order valence-electron chi connectivity index (χ4n) is 3.03. The van der Waals surface area contributed by atoms with Gasteiger partial charge in [-0.2, -0.15) is 5.21 Å². The van der Waals surface area contributed by atoms with Crippen molar-refractivity contribution in [3.8, 4) is 0 Å². The molecule has 2 aromatic rings. The molecule has 1 saturated carbocycles. The van der Waals surface area contributed by atoms with E-state index in [1.807, 2.05) is 14.0 Å². The number of amides is 1. The van der Waals surface area contributed by atoms with Crippen molar-refractivity contribution in [2.45, 2.75) is 44.4 Å². The van der Waals surface area contributed by atoms with E-state index < -0.39 is 0 Å². The van der Waals surface area contributed by atoms with Gasteiger partial charge in [-0.1, -0.05) is 25.0 Å². The van der Waals surface area contributed by atoms with E-state index in [1.165, 1.54) is 24.2 Å². The van der Waals surface area contributed by atoms with E-state index in [0.717, 1.165) is 23.4 Å². The van der Waals surface area contributed by atoms with Crippen molar-refractivity contribution in [1.29, 1.82) is 0 Å². The standard InChI is InChI=1S/C14H20N6OS/c1-9(13-16-18-19-17-13)7-20(2)14(21)12-11(15-8-22-12)10-5-3-4-6-10/h8-10H,3-7H2,1-2H3,(H,16,17,18,19)/t9-/m1/s1. The summed E-state index contributed by atoms with van der Waals surface area (Å²) in [4.78, 5) is 19.7. The predicted octanol–water partition coefficient (Wildman–Crippen LogP) is 2.19. The second kappa shape index (κ2) is 6.51. The maximum atomic E-state index is 12.7. The number of nitrogens with zero attached hydrogens (tertiary/aromatic N) is 5. The van der Waals surface area contributed by atoms with E-state index >= 15 is 0 Å². The van der Waals surface area contributed by atoms with Gasteiger partial charge < -0.3 is 4.90 Å². The van der Waals surface area contributed by atoms with Gasteiger partial charge in [-0.15, -0.1) is 21.5 Å². The van der Waals surface area contributed by atoms with Crippen LogP contribution in [0, 0.1) is 0 Å². The van der Waals surface area contributed by atoms with Gasteiger partial charge in [0.15, 0.2) is 5.82 Å². The first-order valence-electron chi connectivity index (χ1n) is 7.59. The van der Waals surface area contributed by atoms with Crippen LogP contribution < -0.4 is 0 Å². The summed E-state index contributed by atoms with van der Waals surface area (Å²) >= 11 is 1.45. The van der Waals surface area contributed by atoms with E-state index in [-0.39, 0.29) is 11.8 Å². The molecule has 118 valence electrons. The Kier molecular flexibility index (Phi) is 4.47. The van der Waals surface area contributed by atoms with Gasteiger partial charge in [0.05, 0.1) is 11.2 Å². The van der Waals surface area contributed by atoms with Crippen LogP contribution in [0.5, 0.6) is 0 Å². The van der Waals surface area contributed by atoms with E-state index in [4.69, 9.17) is 0 Å². The lowest BCUT2D eigenvalue weighted by molar-refractivity contribution is 0.0790. The van der Waals surface area contributed by atoms with E-state index in [9.17, 15) is 4.79 Å². The Morgan fingerprint density at radius 2 is 2.27 bits per heavy atom. The molecule has 1 aliphatic carbocycles. The molecule has 8 heteroatoms. The normalized spacial score (nSPS) is 16.8. The third-order valence-electron chi connectivity index (χ3n) is 4.23. The molecule has 0 bridgehead atoms. The van der Waals surface area contributed by atoms with Gasteiger partial charge in [0.25, 0.3) is 5.91 Å². The number of likely N-dealkylation sites (N-methyl/N-ethyl adjacent to an activating group) is 1. The molecule has 2 aromatic heterocycles. The number of H-pyrrole nitrogens is 1. The van der Waals surface area contributed by atoms with Crippen molar-refractivity contribution in [2.75, 3.05) is 13.6 Å². The van der Waals surface area contributed by atoms with Gasteiger partial charge in [-0.05, 0) is 12.8 Å². The molecule has 0 aliphatic heterocycles. The van der Waals surface area contributed by atoms with Crippen LogP contribution in [0.25, 0.3) is 0 Å². The highest BCUT2D eigenvalue weighted by molar-refractivity contribution is 7.11. The van der Waals surface area contributed by atoms with Crippen molar-refractivity contribution in [2.24, 2.45) is 0 Å². The molecule has 0 aromatic carbocycles. The van der Waals surface area contributed by atoms with Crippen LogP contribution >= 0.6 is 11.3 Å². The smallest absolute Gasteiger partial charge is 0.265 e. The Bertz CT molecular complexity index is 619. The minimum absolute atomic E-state index is 0.0375. The van der Waals surface area contributed by atoms with Gasteiger partial charge in [-0.3, -0.25) is 4.79 Å². The molecule has 2 heterocycles. The van der Waals surface area contributed by atoms with Gasteiger partial charge in [0.2, 0.25) is 0 Å². The average Bonchev–Trinajstić information content (AvgIpc) is 3.26. The monoisotopic (exact) mass is 320 g/mol. The quantitative estimate of drug-likeness (QED) is 0.912. The van der Waals surface area contributed by atoms with Crippen molar-refractivity contribution >= 4 is 17.2 Å². The third kappa shape index (κ3) is 3.01. The number of aromatic amines is 1. The van der Waals surface area contributed by atoms with Crippen LogP contribution in [-0.4, -0.2) is 50.0 Å². The average molecular weight is 320 g/mol. The highest BCUT2D eigenvalue weighted by atomic mass is 32.1. The first-order valence-corrected chi connectivity index (χ1v) is 8.47. The zero-order valence-electron chi connectivity index (χ0n) is 12.8. The topological polar surface area (TPSA) is 87.7 Å². The zero-order chi connectivity index (χ0) is 15.5. The summed E-state index contributed by atoms with van der Waals surface area (Å²) in [7, 11) is 1.82. The molecule has 1 N–H and O–H groups in total. The van der Waals surface area contributed by atoms with Gasteiger partial charge in [0.1, 0.15) is 4.88 Å². The maximum absolute atomic E-state index is 12.7. The van der Waals surface area contributed by atoms with Crippen molar-refractivity contribution < 1.29 is 4.79 Å². The number of nitrogens with one attached hydrogen (secondary N) is 1. The Morgan fingerprint density at radius 1 is 1.50 bits per heavy atom. The molecule has 3 rings (SSSR count). The fraction of sp³-hybridized carbons (Fsp3) is 0.643. The number of carbonyl (C=O) groups is 1. The molecule has 1 amide bonds. The lowest BCUT2D eigenvalue weighted by Gasteiger charge is -2.20. The second-order valence-corrected chi connectivity index (χ2v) is 6.76. The van der Waals surface area contributed by atoms with Crippen LogP contribution in [0.4, 0.5) is 0 Å². The number of hydrogen-bond donors (Lipinski definition) is 1. The lowest BCUT2D eigenvalue weighted by atomic mass is 10.0. The highest BCUT2D eigenvalue weighted by Gasteiger charge is 2.27. The number of thiazole rings is 1. The summed E-state index contributed by atoms with van der Waals surface area (Å²) in [6.07, 6.45) is 4.76. The summed E-state index contributed by atoms with van der Waals surface area (Å²) < 4.78 is 0. The summed E-state index contributed by atoms with van der Waals surface area (Å²) in [5.74, 6) is 1.16. The van der Waals surface area contributed by atoms with Crippen LogP contribution in [0.15, 0.2) is 5.51 Å². The van der Waals surface area contributed by atoms with Crippen molar-refractivity contribution in [3.63, 3.8) is 0 Å². The number of carbonyl (C=O) groups excluding carboxylic acids is 1. The summed E-state index contributed by atoms with van der Waals surface area (Å²) in [6, 6.07) is 0. The molecule has 0 unspecified atom stereocenters. The summed E-state index contributed by atoms with van der Waals surface area (Å²) in [5, 5.41) is 14.0. The fourth-order valence-corrected chi connectivity index (χ4v) is 3.90. The van der Waals surface area contributed by atoms with Crippen molar-refractivity contribution in [1.82, 2.24) is 30.5 Å². The molecule has 7 nitrogen and oxygen atoms in total. The zero-order valence-corrected chi connectivity index (χ0v) is 13.6. The van der Waals surface area contributed by atoms with Crippen LogP contribution in [0.2, 0.25) is 0 Å². The van der Waals surface area contributed by atoms with Gasteiger partial charge >= 0.3 is 0 Å². The summed E-state index contributed by atoms with van der Waals surface area (Å²) in [5.41, 5.74) is 2.78. The number of rotatable bonds is 5. The van der Waals surface area contributed by atoms with E-state index in [2.05, 4.69) is 25.6 Å². The minimum atomic E-state index is 0.0375. The molecular weight excluding hydrogens is 300 g/mol. The Hall–Kier alpha value is -1.83. The molecule has 0 spiro atoms. The Labute approximate surface area is 133 Å². The third-order valence-corrected chi connectivity index (χ3v) is 5.06. The van der Waals surface area contributed by atoms with Crippen LogP contribution in [0.3, 0.4) is 0 Å². The molecule has 1 fully saturated rings. The van der Waals surface area contributed by atoms with Gasteiger partial charge in [-0.25, -0.2) is 4.98 Å². The van der Waals surface area contributed by atoms with Crippen molar-refractivity contribution in [3.05, 3.63) is 21.9 Å². The Balaban J connectivity index is 1.69.